The Morgan fingerprint density at radius 2 is 1.95 bits per heavy atom. The van der Waals surface area contributed by atoms with Crippen LogP contribution in [0.2, 0.25) is 0 Å². The van der Waals surface area contributed by atoms with Crippen LogP contribution < -0.4 is 10.2 Å². The predicted molar refractivity (Wildman–Crippen MR) is 91.7 cm³/mol. The van der Waals surface area contributed by atoms with Crippen LogP contribution in [0.4, 0.5) is 5.69 Å². The monoisotopic (exact) mass is 320 g/mol. The number of anilines is 1. The molecule has 2 aliphatic rings. The second-order valence-corrected chi connectivity index (χ2v) is 7.52. The molecule has 1 aromatic carbocycles. The van der Waals surface area contributed by atoms with E-state index in [1.165, 1.54) is 18.6 Å². The van der Waals surface area contributed by atoms with Gasteiger partial charge < -0.3 is 15.3 Å². The average Bonchev–Trinajstić information content (AvgIpc) is 3.07. The normalized spacial score (nSPS) is 22.8. The van der Waals surface area contributed by atoms with E-state index >= 15 is 0 Å². The van der Waals surface area contributed by atoms with Crippen LogP contribution in [0.1, 0.15) is 36.0 Å². The number of thioether (sulfide) groups is 1. The molecule has 3 rings (SSSR count). The van der Waals surface area contributed by atoms with Crippen molar-refractivity contribution in [1.29, 1.82) is 0 Å². The number of rotatable bonds is 4. The molecule has 1 aromatic rings. The molecule has 0 aliphatic carbocycles. The van der Waals surface area contributed by atoms with E-state index in [1.807, 2.05) is 36.0 Å². The molecule has 4 nitrogen and oxygen atoms in total. The minimum atomic E-state index is -0.158. The van der Waals surface area contributed by atoms with E-state index in [4.69, 9.17) is 0 Å². The summed E-state index contributed by atoms with van der Waals surface area (Å²) in [5.74, 6) is 1.24. The summed E-state index contributed by atoms with van der Waals surface area (Å²) in [4.78, 5) is 14.4. The van der Waals surface area contributed by atoms with Gasteiger partial charge in [0.05, 0.1) is 6.10 Å². The van der Waals surface area contributed by atoms with E-state index < -0.39 is 0 Å². The first-order valence-electron chi connectivity index (χ1n) is 8.15. The summed E-state index contributed by atoms with van der Waals surface area (Å²) >= 11 is 1.96. The lowest BCUT2D eigenvalue weighted by Crippen LogP contribution is -2.35. The summed E-state index contributed by atoms with van der Waals surface area (Å²) in [5, 5.41) is 13.2. The highest BCUT2D eigenvalue weighted by Crippen LogP contribution is 2.25. The minimum Gasteiger partial charge on any atom is -0.393 e. The molecule has 2 fully saturated rings. The molecule has 0 bridgehead atoms. The highest BCUT2D eigenvalue weighted by atomic mass is 32.2. The molecule has 22 heavy (non-hydrogen) atoms. The molecule has 1 amide bonds. The summed E-state index contributed by atoms with van der Waals surface area (Å²) in [6.45, 7) is 2.53. The van der Waals surface area contributed by atoms with Gasteiger partial charge in [0.2, 0.25) is 0 Å². The molecule has 2 aliphatic heterocycles. The topological polar surface area (TPSA) is 52.6 Å². The zero-order chi connectivity index (χ0) is 15.4. The Balaban J connectivity index is 1.53. The maximum Gasteiger partial charge on any atom is 0.251 e. The standard InChI is InChI=1S/C17H24N2O2S/c20-15-7-9-19(10-8-15)14-5-3-13(4-6-14)17(21)18-12-16-2-1-11-22-16/h3-6,15-16,20H,1-2,7-12H2,(H,18,21). The number of amides is 1. The van der Waals surface area contributed by atoms with E-state index in [-0.39, 0.29) is 12.0 Å². The second-order valence-electron chi connectivity index (χ2n) is 6.11. The van der Waals surface area contributed by atoms with Gasteiger partial charge in [-0.15, -0.1) is 0 Å². The number of benzene rings is 1. The molecule has 0 saturated carbocycles. The number of carbonyl (C=O) groups is 1. The van der Waals surface area contributed by atoms with Gasteiger partial charge in [0.1, 0.15) is 0 Å². The summed E-state index contributed by atoms with van der Waals surface area (Å²) in [6.07, 6.45) is 3.97. The molecule has 120 valence electrons. The van der Waals surface area contributed by atoms with Crippen molar-refractivity contribution >= 4 is 23.4 Å². The Bertz CT molecular complexity index is 492. The smallest absolute Gasteiger partial charge is 0.251 e. The lowest BCUT2D eigenvalue weighted by Gasteiger charge is -2.31. The third-order valence-corrected chi connectivity index (χ3v) is 5.87. The summed E-state index contributed by atoms with van der Waals surface area (Å²) in [5.41, 5.74) is 1.86. The van der Waals surface area contributed by atoms with Crippen LogP contribution in [-0.4, -0.2) is 47.8 Å². The fourth-order valence-electron chi connectivity index (χ4n) is 3.06. The van der Waals surface area contributed by atoms with Crippen LogP contribution in [-0.2, 0) is 0 Å². The first-order valence-corrected chi connectivity index (χ1v) is 9.20. The maximum atomic E-state index is 12.2. The fraction of sp³-hybridized carbons (Fsp3) is 0.588. The van der Waals surface area contributed by atoms with Crippen LogP contribution >= 0.6 is 11.8 Å². The Kier molecular flexibility index (Phi) is 5.26. The van der Waals surface area contributed by atoms with Gasteiger partial charge in [-0.3, -0.25) is 4.79 Å². The molecule has 2 heterocycles. The van der Waals surface area contributed by atoms with Gasteiger partial charge in [-0.25, -0.2) is 0 Å². The molecule has 2 saturated heterocycles. The highest BCUT2D eigenvalue weighted by molar-refractivity contribution is 8.00. The van der Waals surface area contributed by atoms with Crippen molar-refractivity contribution < 1.29 is 9.90 Å². The summed E-state index contributed by atoms with van der Waals surface area (Å²) in [7, 11) is 0. The molecule has 5 heteroatoms. The SMILES string of the molecule is O=C(NCC1CCCS1)c1ccc(N2CCC(O)CC2)cc1. The Labute approximate surface area is 136 Å². The van der Waals surface area contributed by atoms with Crippen LogP contribution in [0.15, 0.2) is 24.3 Å². The van der Waals surface area contributed by atoms with E-state index in [2.05, 4.69) is 10.2 Å². The van der Waals surface area contributed by atoms with Gasteiger partial charge in [-0.05, 0) is 55.7 Å². The number of piperidine rings is 1. The number of hydrogen-bond donors (Lipinski definition) is 2. The number of aliphatic hydroxyl groups excluding tert-OH is 1. The quantitative estimate of drug-likeness (QED) is 0.894. The third kappa shape index (κ3) is 3.96. The Morgan fingerprint density at radius 3 is 2.59 bits per heavy atom. The molecular formula is C17H24N2O2S. The minimum absolute atomic E-state index is 0.0214. The molecule has 0 aromatic heterocycles. The van der Waals surface area contributed by atoms with Crippen molar-refractivity contribution in [3.05, 3.63) is 29.8 Å². The van der Waals surface area contributed by atoms with Crippen LogP contribution in [0.5, 0.6) is 0 Å². The molecule has 0 spiro atoms. The number of aliphatic hydroxyl groups is 1. The lowest BCUT2D eigenvalue weighted by atomic mass is 10.1. The average molecular weight is 320 g/mol. The number of nitrogens with one attached hydrogen (secondary N) is 1. The van der Waals surface area contributed by atoms with Gasteiger partial charge in [-0.2, -0.15) is 11.8 Å². The van der Waals surface area contributed by atoms with Crippen molar-refractivity contribution in [2.75, 3.05) is 30.3 Å². The maximum absolute atomic E-state index is 12.2. The Hall–Kier alpha value is -1.20. The predicted octanol–water partition coefficient (Wildman–Crippen LogP) is 2.27. The van der Waals surface area contributed by atoms with Crippen LogP contribution in [0.25, 0.3) is 0 Å². The first kappa shape index (κ1) is 15.7. The number of hydrogen-bond acceptors (Lipinski definition) is 4. The van der Waals surface area contributed by atoms with Crippen molar-refractivity contribution in [2.24, 2.45) is 0 Å². The molecule has 2 N–H and O–H groups in total. The van der Waals surface area contributed by atoms with Crippen molar-refractivity contribution in [2.45, 2.75) is 37.0 Å². The van der Waals surface area contributed by atoms with Crippen molar-refractivity contribution in [3.63, 3.8) is 0 Å². The van der Waals surface area contributed by atoms with Gasteiger partial charge in [0, 0.05) is 36.1 Å². The summed E-state index contributed by atoms with van der Waals surface area (Å²) in [6, 6.07) is 7.82. The Morgan fingerprint density at radius 1 is 1.23 bits per heavy atom. The van der Waals surface area contributed by atoms with E-state index in [0.29, 0.717) is 5.25 Å². The van der Waals surface area contributed by atoms with Crippen LogP contribution in [0, 0.1) is 0 Å². The van der Waals surface area contributed by atoms with Gasteiger partial charge >= 0.3 is 0 Å². The largest absolute Gasteiger partial charge is 0.393 e. The van der Waals surface area contributed by atoms with E-state index in [1.54, 1.807) is 0 Å². The summed E-state index contributed by atoms with van der Waals surface area (Å²) < 4.78 is 0. The molecule has 1 atom stereocenters. The van der Waals surface area contributed by atoms with Gasteiger partial charge in [-0.1, -0.05) is 0 Å². The van der Waals surface area contributed by atoms with Gasteiger partial charge in [0.15, 0.2) is 0 Å². The molecule has 1 unspecified atom stereocenters. The van der Waals surface area contributed by atoms with Crippen LogP contribution in [0.3, 0.4) is 0 Å². The number of nitrogens with zero attached hydrogens (tertiary/aromatic N) is 1. The number of carbonyl (C=O) groups excluding carboxylic acids is 1. The van der Waals surface area contributed by atoms with E-state index in [0.717, 1.165) is 43.7 Å². The lowest BCUT2D eigenvalue weighted by molar-refractivity contribution is 0.0953. The first-order chi connectivity index (χ1) is 10.7. The fourth-order valence-corrected chi connectivity index (χ4v) is 4.26. The van der Waals surface area contributed by atoms with Gasteiger partial charge in [0.25, 0.3) is 5.91 Å². The van der Waals surface area contributed by atoms with Crippen molar-refractivity contribution in [3.8, 4) is 0 Å². The third-order valence-electron chi connectivity index (χ3n) is 4.47. The molecule has 0 radical (unpaired) electrons. The zero-order valence-electron chi connectivity index (χ0n) is 12.8. The molecular weight excluding hydrogens is 296 g/mol. The highest BCUT2D eigenvalue weighted by Gasteiger charge is 2.18. The van der Waals surface area contributed by atoms with Crippen molar-refractivity contribution in [1.82, 2.24) is 5.32 Å². The van der Waals surface area contributed by atoms with E-state index in [9.17, 15) is 9.90 Å². The zero-order valence-corrected chi connectivity index (χ0v) is 13.6. The second kappa shape index (κ2) is 7.38.